The SMILES string of the molecule is Cc1cc(Br)ccc1CN=C(NCc1nnc(C)n1C)NC1CCCC1. The van der Waals surface area contributed by atoms with Gasteiger partial charge >= 0.3 is 0 Å². The minimum atomic E-state index is 0.508. The van der Waals surface area contributed by atoms with E-state index in [0.29, 0.717) is 19.1 Å². The Morgan fingerprint density at radius 3 is 2.69 bits per heavy atom. The molecule has 1 fully saturated rings. The quantitative estimate of drug-likeness (QED) is 0.576. The van der Waals surface area contributed by atoms with Crippen LogP contribution < -0.4 is 10.6 Å². The minimum absolute atomic E-state index is 0.508. The summed E-state index contributed by atoms with van der Waals surface area (Å²) in [5, 5.41) is 15.4. The highest BCUT2D eigenvalue weighted by Gasteiger charge is 2.16. The second-order valence-corrected chi connectivity index (χ2v) is 7.85. The number of nitrogens with one attached hydrogen (secondary N) is 2. The third kappa shape index (κ3) is 4.84. The predicted octanol–water partition coefficient (Wildman–Crippen LogP) is 3.37. The molecule has 1 saturated carbocycles. The summed E-state index contributed by atoms with van der Waals surface area (Å²) in [7, 11) is 1.98. The Bertz CT molecular complexity index is 776. The van der Waals surface area contributed by atoms with E-state index in [9.17, 15) is 0 Å². The average Bonchev–Trinajstić information content (AvgIpc) is 3.23. The smallest absolute Gasteiger partial charge is 0.192 e. The molecule has 2 N–H and O–H groups in total. The first-order valence-electron chi connectivity index (χ1n) is 9.17. The van der Waals surface area contributed by atoms with Crippen molar-refractivity contribution in [1.29, 1.82) is 0 Å². The van der Waals surface area contributed by atoms with Crippen LogP contribution in [-0.2, 0) is 20.1 Å². The van der Waals surface area contributed by atoms with Gasteiger partial charge < -0.3 is 15.2 Å². The van der Waals surface area contributed by atoms with Gasteiger partial charge in [-0.3, -0.25) is 0 Å². The maximum Gasteiger partial charge on any atom is 0.192 e. The maximum absolute atomic E-state index is 4.82. The first-order chi connectivity index (χ1) is 12.5. The van der Waals surface area contributed by atoms with Crippen molar-refractivity contribution in [3.05, 3.63) is 45.4 Å². The highest BCUT2D eigenvalue weighted by molar-refractivity contribution is 9.10. The first kappa shape index (κ1) is 18.9. The van der Waals surface area contributed by atoms with Crippen molar-refractivity contribution >= 4 is 21.9 Å². The molecule has 1 aromatic carbocycles. The van der Waals surface area contributed by atoms with Crippen LogP contribution in [0.25, 0.3) is 0 Å². The van der Waals surface area contributed by atoms with Crippen LogP contribution in [0, 0.1) is 13.8 Å². The number of hydrogen-bond donors (Lipinski definition) is 2. The largest absolute Gasteiger partial charge is 0.354 e. The van der Waals surface area contributed by atoms with Gasteiger partial charge in [0.05, 0.1) is 13.1 Å². The lowest BCUT2D eigenvalue weighted by molar-refractivity contribution is 0.606. The van der Waals surface area contributed by atoms with Crippen LogP contribution in [-0.4, -0.2) is 26.8 Å². The zero-order chi connectivity index (χ0) is 18.5. The summed E-state index contributed by atoms with van der Waals surface area (Å²) in [6.45, 7) is 5.34. The van der Waals surface area contributed by atoms with E-state index in [1.54, 1.807) is 0 Å². The molecule has 1 heterocycles. The fraction of sp³-hybridized carbons (Fsp3) is 0.526. The number of nitrogens with zero attached hydrogens (tertiary/aromatic N) is 4. The fourth-order valence-corrected chi connectivity index (χ4v) is 3.66. The van der Waals surface area contributed by atoms with Crippen LogP contribution >= 0.6 is 15.9 Å². The zero-order valence-corrected chi connectivity index (χ0v) is 17.3. The van der Waals surface area contributed by atoms with Crippen molar-refractivity contribution in [2.45, 2.75) is 58.7 Å². The van der Waals surface area contributed by atoms with E-state index in [4.69, 9.17) is 4.99 Å². The van der Waals surface area contributed by atoms with Gasteiger partial charge in [0, 0.05) is 17.6 Å². The lowest BCUT2D eigenvalue weighted by Gasteiger charge is -2.17. The van der Waals surface area contributed by atoms with Crippen LogP contribution in [0.4, 0.5) is 0 Å². The van der Waals surface area contributed by atoms with Crippen molar-refractivity contribution in [1.82, 2.24) is 25.4 Å². The summed E-state index contributed by atoms with van der Waals surface area (Å²) in [5.41, 5.74) is 2.47. The Kier molecular flexibility index (Phi) is 6.29. The van der Waals surface area contributed by atoms with Gasteiger partial charge in [0.2, 0.25) is 0 Å². The van der Waals surface area contributed by atoms with Crippen molar-refractivity contribution in [3.8, 4) is 0 Å². The van der Waals surface area contributed by atoms with E-state index in [2.05, 4.69) is 61.9 Å². The van der Waals surface area contributed by atoms with E-state index in [0.717, 1.165) is 22.1 Å². The molecule has 2 aromatic rings. The van der Waals surface area contributed by atoms with Gasteiger partial charge in [0.1, 0.15) is 5.82 Å². The van der Waals surface area contributed by atoms with Gasteiger partial charge in [-0.15, -0.1) is 10.2 Å². The van der Waals surface area contributed by atoms with Gasteiger partial charge in [-0.05, 0) is 49.9 Å². The standard InChI is InChI=1S/C19H27BrN6/c1-13-10-16(20)9-8-15(13)11-21-19(23-17-6-4-5-7-17)22-12-18-25-24-14(2)26(18)3/h8-10,17H,4-7,11-12H2,1-3H3,(H2,21,22,23). The van der Waals surface area contributed by atoms with Crippen molar-refractivity contribution in [3.63, 3.8) is 0 Å². The van der Waals surface area contributed by atoms with Crippen LogP contribution in [0.2, 0.25) is 0 Å². The fourth-order valence-electron chi connectivity index (χ4n) is 3.18. The maximum atomic E-state index is 4.82. The molecule has 1 aliphatic carbocycles. The Balaban J connectivity index is 1.70. The summed E-state index contributed by atoms with van der Waals surface area (Å²) in [6, 6.07) is 6.83. The predicted molar refractivity (Wildman–Crippen MR) is 108 cm³/mol. The molecule has 1 aromatic heterocycles. The Labute approximate surface area is 163 Å². The summed E-state index contributed by atoms with van der Waals surface area (Å²) in [4.78, 5) is 4.82. The van der Waals surface area contributed by atoms with E-state index in [-0.39, 0.29) is 0 Å². The second kappa shape index (κ2) is 8.66. The number of aryl methyl sites for hydroxylation is 2. The molecule has 6 nitrogen and oxygen atoms in total. The molecule has 7 heteroatoms. The first-order valence-corrected chi connectivity index (χ1v) is 9.97. The Hall–Kier alpha value is -1.89. The van der Waals surface area contributed by atoms with Crippen LogP contribution in [0.15, 0.2) is 27.7 Å². The Morgan fingerprint density at radius 2 is 2.04 bits per heavy atom. The highest BCUT2D eigenvalue weighted by Crippen LogP contribution is 2.18. The number of aliphatic imine (C=N–C) groups is 1. The lowest BCUT2D eigenvalue weighted by atomic mass is 10.1. The molecule has 0 amide bonds. The number of hydrogen-bond acceptors (Lipinski definition) is 3. The number of benzene rings is 1. The summed E-state index contributed by atoms with van der Waals surface area (Å²) in [6.07, 6.45) is 5.00. The monoisotopic (exact) mass is 418 g/mol. The molecular formula is C19H27BrN6. The highest BCUT2D eigenvalue weighted by atomic mass is 79.9. The molecule has 0 spiro atoms. The third-order valence-electron chi connectivity index (χ3n) is 5.00. The topological polar surface area (TPSA) is 67.1 Å². The molecule has 3 rings (SSSR count). The molecular weight excluding hydrogens is 392 g/mol. The van der Waals surface area contributed by atoms with Crippen LogP contribution in [0.5, 0.6) is 0 Å². The summed E-state index contributed by atoms with van der Waals surface area (Å²) >= 11 is 3.52. The van der Waals surface area contributed by atoms with Gasteiger partial charge in [0.25, 0.3) is 0 Å². The van der Waals surface area contributed by atoms with E-state index in [1.165, 1.54) is 36.8 Å². The summed E-state index contributed by atoms with van der Waals surface area (Å²) < 4.78 is 3.10. The van der Waals surface area contributed by atoms with Crippen LogP contribution in [0.1, 0.15) is 48.5 Å². The van der Waals surface area contributed by atoms with Gasteiger partial charge in [-0.2, -0.15) is 0 Å². The molecule has 0 unspecified atom stereocenters. The zero-order valence-electron chi connectivity index (χ0n) is 15.7. The lowest BCUT2D eigenvalue weighted by Crippen LogP contribution is -2.42. The molecule has 26 heavy (non-hydrogen) atoms. The van der Waals surface area contributed by atoms with Crippen molar-refractivity contribution < 1.29 is 0 Å². The number of halogens is 1. The van der Waals surface area contributed by atoms with E-state index >= 15 is 0 Å². The molecule has 0 aliphatic heterocycles. The van der Waals surface area contributed by atoms with Crippen molar-refractivity contribution in [2.75, 3.05) is 0 Å². The number of guanidine groups is 1. The van der Waals surface area contributed by atoms with E-state index in [1.807, 2.05) is 18.5 Å². The Morgan fingerprint density at radius 1 is 1.27 bits per heavy atom. The molecule has 0 radical (unpaired) electrons. The molecule has 0 atom stereocenters. The normalized spacial score (nSPS) is 15.5. The summed E-state index contributed by atoms with van der Waals surface area (Å²) in [5.74, 6) is 2.66. The average molecular weight is 419 g/mol. The van der Waals surface area contributed by atoms with Gasteiger partial charge in [-0.1, -0.05) is 34.8 Å². The molecule has 0 saturated heterocycles. The molecule has 1 aliphatic rings. The molecule has 0 bridgehead atoms. The van der Waals surface area contributed by atoms with Crippen molar-refractivity contribution in [2.24, 2.45) is 12.0 Å². The number of rotatable bonds is 5. The third-order valence-corrected chi connectivity index (χ3v) is 5.50. The van der Waals surface area contributed by atoms with Crippen LogP contribution in [0.3, 0.4) is 0 Å². The second-order valence-electron chi connectivity index (χ2n) is 6.94. The number of aromatic nitrogens is 3. The minimum Gasteiger partial charge on any atom is -0.354 e. The van der Waals surface area contributed by atoms with Gasteiger partial charge in [0.15, 0.2) is 11.8 Å². The molecule has 140 valence electrons. The van der Waals surface area contributed by atoms with Gasteiger partial charge in [-0.25, -0.2) is 4.99 Å². The van der Waals surface area contributed by atoms with E-state index < -0.39 is 0 Å².